The number of rotatable bonds is 2. The molecule has 2 aromatic rings. The van der Waals surface area contributed by atoms with Crippen LogP contribution in [0.3, 0.4) is 0 Å². The van der Waals surface area contributed by atoms with Crippen LogP contribution in [-0.2, 0) is 0 Å². The summed E-state index contributed by atoms with van der Waals surface area (Å²) in [4.78, 5) is 6.52. The lowest BCUT2D eigenvalue weighted by atomic mass is 10.3. The van der Waals surface area contributed by atoms with E-state index < -0.39 is 0 Å². The fraction of sp³-hybridized carbons (Fsp3) is 0.500. The molecule has 0 bridgehead atoms. The maximum atomic E-state index is 5.71. The number of nitrogens with two attached hydrogens (primary N) is 1. The number of methoxy groups -OCH3 is 1. The van der Waals surface area contributed by atoms with Crippen molar-refractivity contribution < 1.29 is 4.74 Å². The third-order valence-corrected chi connectivity index (χ3v) is 3.33. The van der Waals surface area contributed by atoms with Gasteiger partial charge in [0.2, 0.25) is 11.6 Å². The van der Waals surface area contributed by atoms with E-state index >= 15 is 0 Å². The van der Waals surface area contributed by atoms with Crippen molar-refractivity contribution in [1.82, 2.24) is 19.9 Å². The highest BCUT2D eigenvalue weighted by Gasteiger charge is 2.16. The van der Waals surface area contributed by atoms with Gasteiger partial charge in [-0.1, -0.05) is 0 Å². The summed E-state index contributed by atoms with van der Waals surface area (Å²) >= 11 is 0. The van der Waals surface area contributed by atoms with Gasteiger partial charge in [-0.15, -0.1) is 5.10 Å². The number of hydrogen-bond donors (Lipinski definition) is 2. The third-order valence-electron chi connectivity index (χ3n) is 3.33. The van der Waals surface area contributed by atoms with Crippen LogP contribution in [0.1, 0.15) is 6.42 Å². The minimum Gasteiger partial charge on any atom is -0.493 e. The first kappa shape index (κ1) is 12.0. The van der Waals surface area contributed by atoms with E-state index in [-0.39, 0.29) is 5.95 Å². The largest absolute Gasteiger partial charge is 0.493 e. The highest BCUT2D eigenvalue weighted by atomic mass is 16.5. The molecule has 1 fully saturated rings. The summed E-state index contributed by atoms with van der Waals surface area (Å²) in [6.45, 7) is 3.96. The number of aromatic nitrogens is 3. The molecule has 0 aromatic carbocycles. The summed E-state index contributed by atoms with van der Waals surface area (Å²) in [6, 6.07) is 3.92. The van der Waals surface area contributed by atoms with Gasteiger partial charge in [-0.3, -0.25) is 0 Å². The Kier molecular flexibility index (Phi) is 3.12. The van der Waals surface area contributed by atoms with Crippen LogP contribution in [0.5, 0.6) is 5.75 Å². The molecule has 1 aliphatic heterocycles. The molecule has 0 atom stereocenters. The van der Waals surface area contributed by atoms with Crippen molar-refractivity contribution in [2.45, 2.75) is 6.42 Å². The molecular weight excluding hydrogens is 244 g/mol. The van der Waals surface area contributed by atoms with Gasteiger partial charge in [-0.25, -0.2) is 0 Å². The average Bonchev–Trinajstić information content (AvgIpc) is 2.64. The van der Waals surface area contributed by atoms with Gasteiger partial charge in [0.15, 0.2) is 5.75 Å². The van der Waals surface area contributed by atoms with Crippen molar-refractivity contribution in [3.8, 4) is 5.75 Å². The van der Waals surface area contributed by atoms with Crippen LogP contribution in [0, 0.1) is 0 Å². The van der Waals surface area contributed by atoms with Crippen LogP contribution in [0.4, 0.5) is 11.8 Å². The zero-order chi connectivity index (χ0) is 13.2. The second-order valence-corrected chi connectivity index (χ2v) is 4.56. The van der Waals surface area contributed by atoms with Crippen molar-refractivity contribution in [2.24, 2.45) is 0 Å². The molecule has 1 aliphatic rings. The molecule has 102 valence electrons. The van der Waals surface area contributed by atoms with Gasteiger partial charge < -0.3 is 20.7 Å². The number of nitrogens with one attached hydrogen (secondary N) is 1. The first-order valence-electron chi connectivity index (χ1n) is 6.44. The Balaban J connectivity index is 2.07. The lowest BCUT2D eigenvalue weighted by Crippen LogP contribution is -2.29. The van der Waals surface area contributed by atoms with E-state index in [0.29, 0.717) is 11.4 Å². The Morgan fingerprint density at radius 2 is 2.21 bits per heavy atom. The first-order valence-corrected chi connectivity index (χ1v) is 6.44. The maximum Gasteiger partial charge on any atom is 0.240 e. The second kappa shape index (κ2) is 4.93. The normalized spacial score (nSPS) is 16.6. The fourth-order valence-corrected chi connectivity index (χ4v) is 2.42. The number of nitrogens with zero attached hydrogens (tertiary/aromatic N) is 4. The van der Waals surface area contributed by atoms with E-state index in [1.165, 1.54) is 0 Å². The molecule has 7 heteroatoms. The minimum absolute atomic E-state index is 0.263. The highest BCUT2D eigenvalue weighted by molar-refractivity contribution is 5.61. The van der Waals surface area contributed by atoms with E-state index in [2.05, 4.69) is 20.3 Å². The molecule has 0 unspecified atom stereocenters. The average molecular weight is 262 g/mol. The lowest BCUT2D eigenvalue weighted by molar-refractivity contribution is 0.416. The van der Waals surface area contributed by atoms with E-state index in [4.69, 9.17) is 10.5 Å². The number of anilines is 2. The Morgan fingerprint density at radius 1 is 1.32 bits per heavy atom. The molecular formula is C12H18N6O. The zero-order valence-electron chi connectivity index (χ0n) is 11.0. The summed E-state index contributed by atoms with van der Waals surface area (Å²) in [6.07, 6.45) is 1.11. The van der Waals surface area contributed by atoms with E-state index in [9.17, 15) is 0 Å². The minimum atomic E-state index is 0.263. The number of fused-ring (bicyclic) bond motifs is 1. The quantitative estimate of drug-likeness (QED) is 0.800. The molecule has 3 heterocycles. The van der Waals surface area contributed by atoms with E-state index in [1.54, 1.807) is 11.6 Å². The molecule has 7 nitrogen and oxygen atoms in total. The molecule has 2 aromatic heterocycles. The van der Waals surface area contributed by atoms with Crippen molar-refractivity contribution in [2.75, 3.05) is 43.9 Å². The number of ether oxygens (including phenoxy) is 1. The van der Waals surface area contributed by atoms with Gasteiger partial charge in [0.05, 0.1) is 7.11 Å². The zero-order valence-corrected chi connectivity index (χ0v) is 11.0. The standard InChI is InChI=1S/C12H18N6O/c1-19-9-3-4-10(17-7-2-5-14-6-8-17)18-11(9)15-12(13)16-18/h3-4,14H,2,5-8H2,1H3,(H2,13,16). The molecule has 0 aliphatic carbocycles. The molecule has 19 heavy (non-hydrogen) atoms. The van der Waals surface area contributed by atoms with Gasteiger partial charge in [-0.2, -0.15) is 9.50 Å². The summed E-state index contributed by atoms with van der Waals surface area (Å²) in [5, 5.41) is 7.66. The molecule has 0 saturated carbocycles. The molecule has 3 N–H and O–H groups in total. The lowest BCUT2D eigenvalue weighted by Gasteiger charge is -2.22. The van der Waals surface area contributed by atoms with Crippen molar-refractivity contribution in [3.63, 3.8) is 0 Å². The topological polar surface area (TPSA) is 80.7 Å². The summed E-state index contributed by atoms with van der Waals surface area (Å²) in [5.41, 5.74) is 6.38. The highest BCUT2D eigenvalue weighted by Crippen LogP contribution is 2.25. The van der Waals surface area contributed by atoms with Crippen LogP contribution >= 0.6 is 0 Å². The van der Waals surface area contributed by atoms with Crippen LogP contribution in [-0.4, -0.2) is 47.9 Å². The number of hydrogen-bond acceptors (Lipinski definition) is 6. The first-order chi connectivity index (χ1) is 9.29. The van der Waals surface area contributed by atoms with Crippen molar-refractivity contribution >= 4 is 17.4 Å². The molecule has 1 saturated heterocycles. The van der Waals surface area contributed by atoms with Crippen LogP contribution in [0.15, 0.2) is 12.1 Å². The summed E-state index contributed by atoms with van der Waals surface area (Å²) < 4.78 is 7.06. The van der Waals surface area contributed by atoms with E-state index in [0.717, 1.165) is 38.4 Å². The summed E-state index contributed by atoms with van der Waals surface area (Å²) in [7, 11) is 1.62. The summed E-state index contributed by atoms with van der Waals surface area (Å²) in [5.74, 6) is 1.95. The monoisotopic (exact) mass is 262 g/mol. The predicted molar refractivity (Wildman–Crippen MR) is 73.7 cm³/mol. The van der Waals surface area contributed by atoms with Crippen LogP contribution in [0.25, 0.3) is 5.65 Å². The van der Waals surface area contributed by atoms with Crippen LogP contribution < -0.4 is 20.7 Å². The smallest absolute Gasteiger partial charge is 0.240 e. The molecule has 0 amide bonds. The molecule has 0 radical (unpaired) electrons. The Bertz CT molecular complexity index is 573. The molecule has 3 rings (SSSR count). The van der Waals surface area contributed by atoms with Crippen molar-refractivity contribution in [1.29, 1.82) is 0 Å². The van der Waals surface area contributed by atoms with Gasteiger partial charge in [0.1, 0.15) is 5.82 Å². The maximum absolute atomic E-state index is 5.71. The predicted octanol–water partition coefficient (Wildman–Crippen LogP) is 0.120. The van der Waals surface area contributed by atoms with Gasteiger partial charge in [-0.05, 0) is 25.1 Å². The number of pyridine rings is 1. The SMILES string of the molecule is COc1ccc(N2CCCNCC2)n2nc(N)nc12. The Morgan fingerprint density at radius 3 is 3.05 bits per heavy atom. The third kappa shape index (κ3) is 2.17. The Hall–Kier alpha value is -2.02. The van der Waals surface area contributed by atoms with Gasteiger partial charge in [0, 0.05) is 19.6 Å². The van der Waals surface area contributed by atoms with Crippen LogP contribution in [0.2, 0.25) is 0 Å². The van der Waals surface area contributed by atoms with Gasteiger partial charge in [0.25, 0.3) is 0 Å². The fourth-order valence-electron chi connectivity index (χ4n) is 2.42. The van der Waals surface area contributed by atoms with Crippen molar-refractivity contribution in [3.05, 3.63) is 12.1 Å². The Labute approximate surface area is 111 Å². The second-order valence-electron chi connectivity index (χ2n) is 4.56. The molecule has 0 spiro atoms. The van der Waals surface area contributed by atoms with E-state index in [1.807, 2.05) is 12.1 Å². The van der Waals surface area contributed by atoms with Gasteiger partial charge >= 0.3 is 0 Å². The number of nitrogen functional groups attached to an aromatic ring is 1.